The standard InChI is InChI=1S/C8H19O3P/c1-3-5-7-10-12(9)11-8-6-4-2/h12H,3-8H2,1-2H3. The number of rotatable bonds is 8. The molecule has 0 N–H and O–H groups in total. The second kappa shape index (κ2) is 9.24. The first-order chi connectivity index (χ1) is 5.81. The van der Waals surface area contributed by atoms with Crippen LogP contribution in [0.3, 0.4) is 0 Å². The lowest BCUT2D eigenvalue weighted by Gasteiger charge is -2.03. The van der Waals surface area contributed by atoms with Gasteiger partial charge in [-0.1, -0.05) is 26.7 Å². The zero-order valence-corrected chi connectivity index (χ0v) is 8.97. The lowest BCUT2D eigenvalue weighted by atomic mass is 10.4. The molecule has 3 nitrogen and oxygen atoms in total. The van der Waals surface area contributed by atoms with Crippen molar-refractivity contribution >= 4 is 8.25 Å². The predicted molar refractivity (Wildman–Crippen MR) is 50.7 cm³/mol. The Morgan fingerprint density at radius 3 is 1.75 bits per heavy atom. The molecule has 0 bridgehead atoms. The topological polar surface area (TPSA) is 35.5 Å². The normalized spacial score (nSPS) is 10.9. The van der Waals surface area contributed by atoms with Crippen molar-refractivity contribution in [3.05, 3.63) is 0 Å². The van der Waals surface area contributed by atoms with E-state index in [2.05, 4.69) is 13.8 Å². The zero-order chi connectivity index (χ0) is 9.23. The summed E-state index contributed by atoms with van der Waals surface area (Å²) in [6, 6.07) is 0. The van der Waals surface area contributed by atoms with E-state index in [-0.39, 0.29) is 0 Å². The Kier molecular flexibility index (Phi) is 9.36. The molecule has 0 aliphatic rings. The first-order valence-corrected chi connectivity index (χ1v) is 5.83. The molecule has 12 heavy (non-hydrogen) atoms. The molecule has 74 valence electrons. The summed E-state index contributed by atoms with van der Waals surface area (Å²) in [5.41, 5.74) is 0. The Balaban J connectivity index is 3.10. The van der Waals surface area contributed by atoms with Crippen molar-refractivity contribution in [2.75, 3.05) is 13.2 Å². The van der Waals surface area contributed by atoms with Crippen LogP contribution in [-0.4, -0.2) is 13.2 Å². The van der Waals surface area contributed by atoms with Gasteiger partial charge in [-0.3, -0.25) is 4.57 Å². The largest absolute Gasteiger partial charge is 0.319 e. The molecule has 0 saturated carbocycles. The molecular formula is C8H19O3P. The molecule has 0 amide bonds. The summed E-state index contributed by atoms with van der Waals surface area (Å²) in [7, 11) is -2.18. The second-order valence-electron chi connectivity index (χ2n) is 2.65. The molecule has 0 fully saturated rings. The van der Waals surface area contributed by atoms with Crippen molar-refractivity contribution < 1.29 is 13.6 Å². The zero-order valence-electron chi connectivity index (χ0n) is 7.97. The summed E-state index contributed by atoms with van der Waals surface area (Å²) in [6.07, 6.45) is 4.02. The smallest absolute Gasteiger partial charge is 0.311 e. The van der Waals surface area contributed by atoms with Crippen LogP contribution in [0.1, 0.15) is 39.5 Å². The molecule has 4 heteroatoms. The number of hydrogen-bond acceptors (Lipinski definition) is 3. The molecule has 0 heterocycles. The maximum absolute atomic E-state index is 10.9. The van der Waals surface area contributed by atoms with Gasteiger partial charge in [0.2, 0.25) is 0 Å². The lowest BCUT2D eigenvalue weighted by molar-refractivity contribution is 0.221. The Morgan fingerprint density at radius 2 is 1.42 bits per heavy atom. The maximum Gasteiger partial charge on any atom is 0.319 e. The lowest BCUT2D eigenvalue weighted by Crippen LogP contribution is -1.90. The van der Waals surface area contributed by atoms with Crippen LogP contribution in [0.4, 0.5) is 0 Å². The van der Waals surface area contributed by atoms with E-state index < -0.39 is 8.25 Å². The molecule has 0 aromatic heterocycles. The fourth-order valence-electron chi connectivity index (χ4n) is 0.641. The highest BCUT2D eigenvalue weighted by molar-refractivity contribution is 7.33. The van der Waals surface area contributed by atoms with Gasteiger partial charge in [0.25, 0.3) is 0 Å². The van der Waals surface area contributed by atoms with Gasteiger partial charge < -0.3 is 9.05 Å². The van der Waals surface area contributed by atoms with Crippen LogP contribution in [-0.2, 0) is 13.6 Å². The minimum absolute atomic E-state index is 0.556. The Labute approximate surface area is 75.4 Å². The Hall–Kier alpha value is 0.150. The summed E-state index contributed by atoms with van der Waals surface area (Å²) in [4.78, 5) is 0. The van der Waals surface area contributed by atoms with E-state index in [4.69, 9.17) is 9.05 Å². The van der Waals surface area contributed by atoms with Crippen molar-refractivity contribution in [3.8, 4) is 0 Å². The average Bonchev–Trinajstić information content (AvgIpc) is 2.06. The molecule has 0 saturated heterocycles. The summed E-state index contributed by atoms with van der Waals surface area (Å²) in [5.74, 6) is 0. The molecule has 0 aromatic carbocycles. The average molecular weight is 194 g/mol. The highest BCUT2D eigenvalue weighted by atomic mass is 31.1. The van der Waals surface area contributed by atoms with Crippen molar-refractivity contribution in [2.45, 2.75) is 39.5 Å². The number of hydrogen-bond donors (Lipinski definition) is 0. The van der Waals surface area contributed by atoms with Gasteiger partial charge in [-0.05, 0) is 12.8 Å². The second-order valence-corrected chi connectivity index (χ2v) is 3.73. The van der Waals surface area contributed by atoms with Crippen molar-refractivity contribution in [1.82, 2.24) is 0 Å². The summed E-state index contributed by atoms with van der Waals surface area (Å²) in [6.45, 7) is 5.25. The van der Waals surface area contributed by atoms with Crippen molar-refractivity contribution in [3.63, 3.8) is 0 Å². The fraction of sp³-hybridized carbons (Fsp3) is 1.00. The van der Waals surface area contributed by atoms with Crippen molar-refractivity contribution in [1.29, 1.82) is 0 Å². The SMILES string of the molecule is CCCCO[PH](=O)OCCCC. The maximum atomic E-state index is 10.9. The molecule has 0 spiro atoms. The highest BCUT2D eigenvalue weighted by Gasteiger charge is 1.97. The van der Waals surface area contributed by atoms with Gasteiger partial charge >= 0.3 is 8.25 Å². The first-order valence-electron chi connectivity index (χ1n) is 4.60. The number of unbranched alkanes of at least 4 members (excludes halogenated alkanes) is 2. The third-order valence-electron chi connectivity index (χ3n) is 1.44. The van der Waals surface area contributed by atoms with Crippen LogP contribution in [0.2, 0.25) is 0 Å². The highest BCUT2D eigenvalue weighted by Crippen LogP contribution is 2.24. The first kappa shape index (κ1) is 12.2. The van der Waals surface area contributed by atoms with E-state index in [0.29, 0.717) is 13.2 Å². The van der Waals surface area contributed by atoms with E-state index in [9.17, 15) is 4.57 Å². The van der Waals surface area contributed by atoms with E-state index in [1.165, 1.54) is 0 Å². The van der Waals surface area contributed by atoms with Gasteiger partial charge in [0.05, 0.1) is 13.2 Å². The van der Waals surface area contributed by atoms with Gasteiger partial charge in [0.1, 0.15) is 0 Å². The molecule has 0 rings (SSSR count). The minimum atomic E-state index is -2.18. The minimum Gasteiger partial charge on any atom is -0.311 e. The molecule has 0 aliphatic carbocycles. The van der Waals surface area contributed by atoms with E-state index >= 15 is 0 Å². The quantitative estimate of drug-likeness (QED) is 0.440. The van der Waals surface area contributed by atoms with Gasteiger partial charge in [-0.15, -0.1) is 0 Å². The summed E-state index contributed by atoms with van der Waals surface area (Å²) >= 11 is 0. The summed E-state index contributed by atoms with van der Waals surface area (Å²) < 4.78 is 20.8. The van der Waals surface area contributed by atoms with E-state index in [0.717, 1.165) is 25.7 Å². The summed E-state index contributed by atoms with van der Waals surface area (Å²) in [5, 5.41) is 0. The van der Waals surface area contributed by atoms with Gasteiger partial charge in [-0.25, -0.2) is 0 Å². The van der Waals surface area contributed by atoms with Crippen LogP contribution < -0.4 is 0 Å². The molecule has 0 atom stereocenters. The molecule has 0 aromatic rings. The van der Waals surface area contributed by atoms with Crippen LogP contribution >= 0.6 is 8.25 Å². The van der Waals surface area contributed by atoms with Crippen LogP contribution in [0.5, 0.6) is 0 Å². The van der Waals surface area contributed by atoms with Gasteiger partial charge in [0.15, 0.2) is 0 Å². The third kappa shape index (κ3) is 8.25. The van der Waals surface area contributed by atoms with E-state index in [1.807, 2.05) is 0 Å². The Bertz CT molecular complexity index is 105. The molecule has 0 radical (unpaired) electrons. The van der Waals surface area contributed by atoms with Gasteiger partial charge in [-0.2, -0.15) is 0 Å². The van der Waals surface area contributed by atoms with E-state index in [1.54, 1.807) is 0 Å². The van der Waals surface area contributed by atoms with Crippen LogP contribution in [0.15, 0.2) is 0 Å². The molecule has 0 unspecified atom stereocenters. The van der Waals surface area contributed by atoms with Gasteiger partial charge in [0, 0.05) is 0 Å². The van der Waals surface area contributed by atoms with Crippen molar-refractivity contribution in [2.24, 2.45) is 0 Å². The molecule has 0 aliphatic heterocycles. The monoisotopic (exact) mass is 194 g/mol. The third-order valence-corrected chi connectivity index (χ3v) is 2.32. The Morgan fingerprint density at radius 1 is 1.00 bits per heavy atom. The van der Waals surface area contributed by atoms with Crippen LogP contribution in [0, 0.1) is 0 Å². The predicted octanol–water partition coefficient (Wildman–Crippen LogP) is 3.01. The molecular weight excluding hydrogens is 175 g/mol. The van der Waals surface area contributed by atoms with Crippen LogP contribution in [0.25, 0.3) is 0 Å². The fourth-order valence-corrected chi connectivity index (χ4v) is 1.35.